The molecule has 2 atom stereocenters. The molecule has 0 aliphatic heterocycles. The van der Waals surface area contributed by atoms with Crippen LogP contribution in [0.2, 0.25) is 5.02 Å². The van der Waals surface area contributed by atoms with Crippen LogP contribution < -0.4 is 10.1 Å². The lowest BCUT2D eigenvalue weighted by atomic mass is 10.2. The van der Waals surface area contributed by atoms with Crippen LogP contribution >= 0.6 is 11.6 Å². The van der Waals surface area contributed by atoms with E-state index >= 15 is 0 Å². The molecule has 104 valence electrons. The number of hydrogen-bond acceptors (Lipinski definition) is 3. The highest BCUT2D eigenvalue weighted by Crippen LogP contribution is 2.16. The summed E-state index contributed by atoms with van der Waals surface area (Å²) in [5, 5.41) is 11.8. The van der Waals surface area contributed by atoms with Crippen molar-refractivity contribution in [2.24, 2.45) is 5.92 Å². The Labute approximate surface area is 116 Å². The number of nitrogens with one attached hydrogen (secondary N) is 1. The van der Waals surface area contributed by atoms with Gasteiger partial charge in [-0.3, -0.25) is 9.59 Å². The molecule has 19 heavy (non-hydrogen) atoms. The van der Waals surface area contributed by atoms with Crippen LogP contribution in [0.1, 0.15) is 13.8 Å². The number of ether oxygens (including phenoxy) is 1. The second-order valence-corrected chi connectivity index (χ2v) is 4.63. The highest BCUT2D eigenvalue weighted by Gasteiger charge is 2.17. The van der Waals surface area contributed by atoms with Crippen molar-refractivity contribution in [1.29, 1.82) is 0 Å². The van der Waals surface area contributed by atoms with Crippen molar-refractivity contribution in [1.82, 2.24) is 5.32 Å². The molecule has 0 bridgehead atoms. The third kappa shape index (κ3) is 5.18. The number of carbonyl (C=O) groups is 2. The van der Waals surface area contributed by atoms with Crippen molar-refractivity contribution < 1.29 is 19.4 Å². The predicted octanol–water partition coefficient (Wildman–Crippen LogP) is 1.94. The van der Waals surface area contributed by atoms with Crippen LogP contribution in [-0.4, -0.2) is 29.6 Å². The predicted molar refractivity (Wildman–Crippen MR) is 71.4 cm³/mol. The molecule has 1 rings (SSSR count). The maximum Gasteiger partial charge on any atom is 0.308 e. The number of carboxylic acids is 1. The molecule has 0 aliphatic carbocycles. The van der Waals surface area contributed by atoms with Gasteiger partial charge in [0.1, 0.15) is 5.75 Å². The Kier molecular flexibility index (Phi) is 5.63. The van der Waals surface area contributed by atoms with E-state index in [0.29, 0.717) is 10.8 Å². The van der Waals surface area contributed by atoms with E-state index in [9.17, 15) is 9.59 Å². The fourth-order valence-corrected chi connectivity index (χ4v) is 1.38. The molecule has 0 aromatic heterocycles. The second-order valence-electron chi connectivity index (χ2n) is 4.20. The van der Waals surface area contributed by atoms with E-state index in [0.717, 1.165) is 0 Å². The average Bonchev–Trinajstić information content (AvgIpc) is 2.37. The minimum atomic E-state index is -0.952. The van der Waals surface area contributed by atoms with Gasteiger partial charge in [0.2, 0.25) is 0 Å². The van der Waals surface area contributed by atoms with Gasteiger partial charge in [-0.25, -0.2) is 0 Å². The molecular weight excluding hydrogens is 270 g/mol. The van der Waals surface area contributed by atoms with Crippen molar-refractivity contribution in [2.75, 3.05) is 6.54 Å². The average molecular weight is 286 g/mol. The summed E-state index contributed by atoms with van der Waals surface area (Å²) in [6.07, 6.45) is -0.706. The summed E-state index contributed by atoms with van der Waals surface area (Å²) in [5.74, 6) is -1.42. The van der Waals surface area contributed by atoms with E-state index in [4.69, 9.17) is 21.4 Å². The number of carboxylic acid groups (broad SMARTS) is 1. The van der Waals surface area contributed by atoms with Gasteiger partial charge in [-0.2, -0.15) is 0 Å². The lowest BCUT2D eigenvalue weighted by molar-refractivity contribution is -0.141. The highest BCUT2D eigenvalue weighted by atomic mass is 35.5. The van der Waals surface area contributed by atoms with Crippen LogP contribution in [0.25, 0.3) is 0 Å². The summed E-state index contributed by atoms with van der Waals surface area (Å²) in [5.41, 5.74) is 0. The number of carbonyl (C=O) groups excluding carboxylic acids is 1. The summed E-state index contributed by atoms with van der Waals surface area (Å²) < 4.78 is 5.41. The Balaban J connectivity index is 2.44. The first-order chi connectivity index (χ1) is 8.90. The van der Waals surface area contributed by atoms with E-state index in [1.165, 1.54) is 6.92 Å². The van der Waals surface area contributed by atoms with Crippen LogP contribution in [0.15, 0.2) is 24.3 Å². The maximum atomic E-state index is 11.7. The van der Waals surface area contributed by atoms with Crippen LogP contribution in [0.5, 0.6) is 5.75 Å². The molecule has 1 amide bonds. The topological polar surface area (TPSA) is 75.6 Å². The number of hydrogen-bond donors (Lipinski definition) is 2. The summed E-state index contributed by atoms with van der Waals surface area (Å²) >= 11 is 5.73. The molecule has 0 heterocycles. The molecule has 6 heteroatoms. The molecule has 0 fully saturated rings. The van der Waals surface area contributed by atoms with E-state index in [-0.39, 0.29) is 12.5 Å². The largest absolute Gasteiger partial charge is 0.481 e. The number of amides is 1. The standard InChI is InChI=1S/C13H16ClNO4/c1-8(13(17)18)7-15-12(16)9(2)19-11-5-3-10(14)4-6-11/h3-6,8-9H,7H2,1-2H3,(H,15,16)(H,17,18). The minimum Gasteiger partial charge on any atom is -0.481 e. The normalized spacial score (nSPS) is 13.4. The number of rotatable bonds is 6. The van der Waals surface area contributed by atoms with Crippen molar-refractivity contribution in [3.8, 4) is 5.75 Å². The fraction of sp³-hybridized carbons (Fsp3) is 0.385. The van der Waals surface area contributed by atoms with Gasteiger partial charge in [-0.1, -0.05) is 18.5 Å². The summed E-state index contributed by atoms with van der Waals surface area (Å²) in [6, 6.07) is 6.64. The monoisotopic (exact) mass is 285 g/mol. The second kappa shape index (κ2) is 6.99. The molecule has 1 aromatic rings. The van der Waals surface area contributed by atoms with Crippen molar-refractivity contribution in [3.63, 3.8) is 0 Å². The zero-order valence-electron chi connectivity index (χ0n) is 10.7. The molecule has 0 radical (unpaired) electrons. The van der Waals surface area contributed by atoms with E-state index in [1.807, 2.05) is 0 Å². The van der Waals surface area contributed by atoms with Gasteiger partial charge in [0.05, 0.1) is 5.92 Å². The van der Waals surface area contributed by atoms with Crippen LogP contribution in [-0.2, 0) is 9.59 Å². The van der Waals surface area contributed by atoms with Crippen molar-refractivity contribution in [2.45, 2.75) is 20.0 Å². The molecule has 2 N–H and O–H groups in total. The van der Waals surface area contributed by atoms with Gasteiger partial charge in [0, 0.05) is 11.6 Å². The highest BCUT2D eigenvalue weighted by molar-refractivity contribution is 6.30. The molecule has 1 aromatic carbocycles. The van der Waals surface area contributed by atoms with Gasteiger partial charge in [0.25, 0.3) is 5.91 Å². The molecule has 0 saturated carbocycles. The van der Waals surface area contributed by atoms with E-state index in [1.54, 1.807) is 31.2 Å². The Morgan fingerprint density at radius 3 is 2.42 bits per heavy atom. The lowest BCUT2D eigenvalue weighted by Crippen LogP contribution is -2.39. The van der Waals surface area contributed by atoms with Gasteiger partial charge in [-0.15, -0.1) is 0 Å². The maximum absolute atomic E-state index is 11.7. The Morgan fingerprint density at radius 1 is 1.32 bits per heavy atom. The number of benzene rings is 1. The Bertz CT molecular complexity index is 446. The quantitative estimate of drug-likeness (QED) is 0.837. The molecular formula is C13H16ClNO4. The summed E-state index contributed by atoms with van der Waals surface area (Å²) in [4.78, 5) is 22.3. The first kappa shape index (κ1) is 15.3. The van der Waals surface area contributed by atoms with Gasteiger partial charge in [0.15, 0.2) is 6.10 Å². The lowest BCUT2D eigenvalue weighted by Gasteiger charge is -2.15. The number of halogens is 1. The van der Waals surface area contributed by atoms with E-state index in [2.05, 4.69) is 5.32 Å². The third-order valence-electron chi connectivity index (χ3n) is 2.50. The van der Waals surface area contributed by atoms with Crippen LogP contribution in [0.4, 0.5) is 0 Å². The van der Waals surface area contributed by atoms with Crippen LogP contribution in [0, 0.1) is 5.92 Å². The summed E-state index contributed by atoms with van der Waals surface area (Å²) in [6.45, 7) is 3.19. The number of aliphatic carboxylic acids is 1. The minimum absolute atomic E-state index is 0.0719. The molecule has 5 nitrogen and oxygen atoms in total. The molecule has 0 spiro atoms. The SMILES string of the molecule is CC(CNC(=O)C(C)Oc1ccc(Cl)cc1)C(=O)O. The smallest absolute Gasteiger partial charge is 0.308 e. The van der Waals surface area contributed by atoms with Crippen molar-refractivity contribution in [3.05, 3.63) is 29.3 Å². The zero-order chi connectivity index (χ0) is 14.4. The molecule has 0 saturated heterocycles. The van der Waals surface area contributed by atoms with Crippen molar-refractivity contribution >= 4 is 23.5 Å². The van der Waals surface area contributed by atoms with E-state index < -0.39 is 18.0 Å². The zero-order valence-corrected chi connectivity index (χ0v) is 11.5. The molecule has 0 aliphatic rings. The molecule has 2 unspecified atom stereocenters. The Morgan fingerprint density at radius 2 is 1.89 bits per heavy atom. The third-order valence-corrected chi connectivity index (χ3v) is 2.75. The van der Waals surface area contributed by atoms with Gasteiger partial charge < -0.3 is 15.2 Å². The fourth-order valence-electron chi connectivity index (χ4n) is 1.26. The van der Waals surface area contributed by atoms with Gasteiger partial charge in [-0.05, 0) is 31.2 Å². The van der Waals surface area contributed by atoms with Crippen LogP contribution in [0.3, 0.4) is 0 Å². The summed E-state index contributed by atoms with van der Waals surface area (Å²) in [7, 11) is 0. The van der Waals surface area contributed by atoms with Gasteiger partial charge >= 0.3 is 5.97 Å². The first-order valence-electron chi connectivity index (χ1n) is 5.83. The first-order valence-corrected chi connectivity index (χ1v) is 6.20. The Hall–Kier alpha value is -1.75.